The molecule has 1 aliphatic carbocycles. The van der Waals surface area contributed by atoms with Gasteiger partial charge < -0.3 is 14.3 Å². The first-order chi connectivity index (χ1) is 17.0. The fraction of sp³-hybridized carbons (Fsp3) is 0.172. The monoisotopic (exact) mass is 480 g/mol. The van der Waals surface area contributed by atoms with Crippen LogP contribution < -0.4 is 4.74 Å². The van der Waals surface area contributed by atoms with E-state index in [-0.39, 0.29) is 5.75 Å². The molecule has 5 nitrogen and oxygen atoms in total. The van der Waals surface area contributed by atoms with E-state index in [0.717, 1.165) is 56.3 Å². The number of hydrogen-bond acceptors (Lipinski definition) is 6. The summed E-state index contributed by atoms with van der Waals surface area (Å²) in [5.74, 6) is 3.52. The molecule has 2 aromatic heterocycles. The summed E-state index contributed by atoms with van der Waals surface area (Å²) in [5, 5.41) is 19.2. The first-order valence-electron chi connectivity index (χ1n) is 11.7. The third-order valence-corrected chi connectivity index (χ3v) is 7.32. The van der Waals surface area contributed by atoms with E-state index >= 15 is 0 Å². The van der Waals surface area contributed by atoms with Crippen LogP contribution in [0.1, 0.15) is 47.2 Å². The van der Waals surface area contributed by atoms with Crippen LogP contribution in [0.5, 0.6) is 17.2 Å². The number of aromatic nitrogens is 2. The second-order valence-corrected chi connectivity index (χ2v) is 10.1. The molecule has 5 aromatic rings. The Hall–Kier alpha value is -3.90. The van der Waals surface area contributed by atoms with E-state index in [1.54, 1.807) is 23.5 Å². The minimum absolute atomic E-state index is 0.249. The van der Waals surface area contributed by atoms with Crippen molar-refractivity contribution in [2.75, 3.05) is 0 Å². The average molecular weight is 481 g/mol. The normalized spacial score (nSPS) is 13.7. The first-order valence-corrected chi connectivity index (χ1v) is 12.5. The van der Waals surface area contributed by atoms with Crippen LogP contribution in [0.25, 0.3) is 32.7 Å². The van der Waals surface area contributed by atoms with Gasteiger partial charge in [0.15, 0.2) is 5.75 Å². The van der Waals surface area contributed by atoms with Crippen LogP contribution in [0.3, 0.4) is 0 Å². The van der Waals surface area contributed by atoms with E-state index in [4.69, 9.17) is 9.15 Å². The Kier molecular flexibility index (Phi) is 5.38. The van der Waals surface area contributed by atoms with Gasteiger partial charge in [0, 0.05) is 22.1 Å². The second-order valence-electron chi connectivity index (χ2n) is 9.02. The lowest BCUT2D eigenvalue weighted by molar-refractivity contribution is 0.476. The molecule has 1 fully saturated rings. The predicted molar refractivity (Wildman–Crippen MR) is 140 cm³/mol. The van der Waals surface area contributed by atoms with Crippen molar-refractivity contribution in [2.24, 2.45) is 0 Å². The number of thiophene rings is 1. The smallest absolute Gasteiger partial charge is 0.240 e. The van der Waals surface area contributed by atoms with Crippen LogP contribution in [-0.2, 0) is 0 Å². The Morgan fingerprint density at radius 3 is 2.57 bits per heavy atom. The topological polar surface area (TPSA) is 68.4 Å². The quantitative estimate of drug-likeness (QED) is 0.266. The highest BCUT2D eigenvalue weighted by Crippen LogP contribution is 2.48. The zero-order valence-electron chi connectivity index (χ0n) is 19.5. The van der Waals surface area contributed by atoms with Crippen LogP contribution in [0.4, 0.5) is 0 Å². The lowest BCUT2D eigenvalue weighted by Gasteiger charge is -2.11. The van der Waals surface area contributed by atoms with Crippen LogP contribution in [0, 0.1) is 13.8 Å². The molecule has 0 unspecified atom stereocenters. The Labute approximate surface area is 207 Å². The summed E-state index contributed by atoms with van der Waals surface area (Å²) in [6, 6.07) is 19.8. The molecule has 0 atom stereocenters. The van der Waals surface area contributed by atoms with Crippen molar-refractivity contribution in [3.8, 4) is 27.7 Å². The summed E-state index contributed by atoms with van der Waals surface area (Å²) in [7, 11) is 0. The van der Waals surface area contributed by atoms with E-state index < -0.39 is 0 Å². The second kappa shape index (κ2) is 8.71. The molecule has 1 saturated carbocycles. The van der Waals surface area contributed by atoms with Crippen molar-refractivity contribution >= 4 is 33.6 Å². The number of aryl methyl sites for hydroxylation is 2. The van der Waals surface area contributed by atoms with E-state index in [1.165, 1.54) is 11.1 Å². The molecule has 0 amide bonds. The van der Waals surface area contributed by atoms with Crippen molar-refractivity contribution in [2.45, 2.75) is 32.6 Å². The SMILES string of the molecule is Cc1ccc(-c2sc3cc(O)ccc3c2Oc2ccc(/C=C/c3nnc(C4CC4)o3)cc2)c(C)c1. The minimum atomic E-state index is 0.249. The highest BCUT2D eigenvalue weighted by molar-refractivity contribution is 7.22. The van der Waals surface area contributed by atoms with Gasteiger partial charge in [-0.1, -0.05) is 35.9 Å². The van der Waals surface area contributed by atoms with E-state index in [1.807, 2.05) is 42.5 Å². The number of rotatable bonds is 6. The first kappa shape index (κ1) is 21.6. The number of phenols is 1. The van der Waals surface area contributed by atoms with Crippen LogP contribution in [-0.4, -0.2) is 15.3 Å². The summed E-state index contributed by atoms with van der Waals surface area (Å²) in [4.78, 5) is 1.05. The molecule has 35 heavy (non-hydrogen) atoms. The molecule has 174 valence electrons. The molecule has 0 spiro atoms. The number of hydrogen-bond donors (Lipinski definition) is 1. The summed E-state index contributed by atoms with van der Waals surface area (Å²) < 4.78 is 13.1. The van der Waals surface area contributed by atoms with Crippen molar-refractivity contribution in [3.63, 3.8) is 0 Å². The molecule has 0 radical (unpaired) electrons. The van der Waals surface area contributed by atoms with Gasteiger partial charge in [-0.05, 0) is 79.8 Å². The van der Waals surface area contributed by atoms with Gasteiger partial charge in [-0.15, -0.1) is 21.5 Å². The molecule has 6 rings (SSSR count). The van der Waals surface area contributed by atoms with E-state index in [0.29, 0.717) is 11.8 Å². The van der Waals surface area contributed by atoms with Gasteiger partial charge in [0.25, 0.3) is 0 Å². The third kappa shape index (κ3) is 4.45. The molecule has 3 aromatic carbocycles. The van der Waals surface area contributed by atoms with Gasteiger partial charge in [-0.25, -0.2) is 0 Å². The minimum Gasteiger partial charge on any atom is -0.508 e. The standard InChI is InChI=1S/C29H24N2O3S/c1-17-3-12-23(18(2)15-17)28-27(24-13-9-21(32)16-25(24)35-28)33-22-10-4-19(5-11-22)6-14-26-30-31-29(34-26)20-7-8-20/h3-6,9-16,20,32H,7-8H2,1-2H3/b14-6+. The largest absolute Gasteiger partial charge is 0.508 e. The number of ether oxygens (including phenoxy) is 1. The summed E-state index contributed by atoms with van der Waals surface area (Å²) in [6.07, 6.45) is 6.07. The maximum absolute atomic E-state index is 10.0. The predicted octanol–water partition coefficient (Wildman–Crippen LogP) is 8.11. The van der Waals surface area contributed by atoms with Crippen molar-refractivity contribution < 1.29 is 14.3 Å². The molecule has 1 aliphatic rings. The van der Waals surface area contributed by atoms with E-state index in [2.05, 4.69) is 42.2 Å². The van der Waals surface area contributed by atoms with Gasteiger partial charge in [0.1, 0.15) is 11.5 Å². The average Bonchev–Trinajstić information content (AvgIpc) is 3.49. The Bertz CT molecular complexity index is 1560. The maximum atomic E-state index is 10.0. The zero-order valence-corrected chi connectivity index (χ0v) is 20.3. The number of fused-ring (bicyclic) bond motifs is 1. The number of benzene rings is 3. The fourth-order valence-electron chi connectivity index (χ4n) is 4.15. The molecule has 6 heteroatoms. The van der Waals surface area contributed by atoms with Gasteiger partial charge in [-0.3, -0.25) is 0 Å². The van der Waals surface area contributed by atoms with Crippen molar-refractivity contribution in [1.29, 1.82) is 0 Å². The molecule has 0 bridgehead atoms. The lowest BCUT2D eigenvalue weighted by atomic mass is 10.0. The Morgan fingerprint density at radius 1 is 0.971 bits per heavy atom. The summed E-state index contributed by atoms with van der Waals surface area (Å²) >= 11 is 1.63. The van der Waals surface area contributed by atoms with Crippen LogP contribution in [0.2, 0.25) is 0 Å². The van der Waals surface area contributed by atoms with Gasteiger partial charge >= 0.3 is 0 Å². The van der Waals surface area contributed by atoms with Crippen molar-refractivity contribution in [1.82, 2.24) is 10.2 Å². The lowest BCUT2D eigenvalue weighted by Crippen LogP contribution is -1.88. The molecular formula is C29H24N2O3S. The zero-order chi connectivity index (χ0) is 23.9. The summed E-state index contributed by atoms with van der Waals surface area (Å²) in [5.41, 5.74) is 4.56. The highest BCUT2D eigenvalue weighted by Gasteiger charge is 2.29. The molecule has 0 saturated heterocycles. The Balaban J connectivity index is 1.29. The fourth-order valence-corrected chi connectivity index (χ4v) is 5.40. The van der Waals surface area contributed by atoms with Crippen LogP contribution in [0.15, 0.2) is 65.1 Å². The Morgan fingerprint density at radius 2 is 1.80 bits per heavy atom. The third-order valence-electron chi connectivity index (χ3n) is 6.16. The molecular weight excluding hydrogens is 456 g/mol. The molecule has 2 heterocycles. The number of nitrogens with zero attached hydrogens (tertiary/aromatic N) is 2. The molecule has 1 N–H and O–H groups in total. The number of aromatic hydroxyl groups is 1. The van der Waals surface area contributed by atoms with Gasteiger partial charge in [-0.2, -0.15) is 0 Å². The van der Waals surface area contributed by atoms with Crippen LogP contribution >= 0.6 is 11.3 Å². The maximum Gasteiger partial charge on any atom is 0.240 e. The highest BCUT2D eigenvalue weighted by atomic mass is 32.1. The summed E-state index contributed by atoms with van der Waals surface area (Å²) in [6.45, 7) is 4.21. The number of phenolic OH excluding ortho intramolecular Hbond substituents is 1. The molecule has 0 aliphatic heterocycles. The van der Waals surface area contributed by atoms with Crippen molar-refractivity contribution in [3.05, 3.63) is 89.1 Å². The van der Waals surface area contributed by atoms with Gasteiger partial charge in [0.2, 0.25) is 11.8 Å². The van der Waals surface area contributed by atoms with E-state index in [9.17, 15) is 5.11 Å². The van der Waals surface area contributed by atoms with Gasteiger partial charge in [0.05, 0.1) is 4.88 Å².